The van der Waals surface area contributed by atoms with Crippen molar-refractivity contribution in [2.24, 2.45) is 0 Å². The van der Waals surface area contributed by atoms with E-state index in [0.29, 0.717) is 23.2 Å². The van der Waals surface area contributed by atoms with E-state index in [9.17, 15) is 0 Å². The number of halogens is 2. The van der Waals surface area contributed by atoms with Crippen LogP contribution in [0.4, 0.5) is 0 Å². The highest BCUT2D eigenvalue weighted by atomic mass is 35.5. The molecule has 1 aliphatic heterocycles. The Bertz CT molecular complexity index is 727. The molecule has 1 saturated heterocycles. The Balaban J connectivity index is 0.000000552. The third-order valence-electron chi connectivity index (χ3n) is 3.65. The third-order valence-corrected chi connectivity index (χ3v) is 4.20. The molecule has 2 atom stereocenters. The van der Waals surface area contributed by atoms with Crippen molar-refractivity contribution in [1.29, 1.82) is 0 Å². The number of rotatable bonds is 5. The van der Waals surface area contributed by atoms with Gasteiger partial charge in [0.15, 0.2) is 0 Å². The minimum atomic E-state index is -1.50. The molecule has 142 valence electrons. The molecule has 0 aliphatic carbocycles. The molecule has 1 aromatic heterocycles. The van der Waals surface area contributed by atoms with Crippen LogP contribution in [0.25, 0.3) is 0 Å². The summed E-state index contributed by atoms with van der Waals surface area (Å²) in [6.45, 7) is 3.03. The predicted molar refractivity (Wildman–Crippen MR) is 92.7 cm³/mol. The van der Waals surface area contributed by atoms with E-state index in [4.69, 9.17) is 48.0 Å². The maximum Gasteiger partial charge on any atom is 0.291 e. The van der Waals surface area contributed by atoms with Gasteiger partial charge in [0.25, 0.3) is 5.09 Å². The third kappa shape index (κ3) is 5.28. The quantitative estimate of drug-likeness (QED) is 0.600. The first-order valence-electron chi connectivity index (χ1n) is 7.79. The van der Waals surface area contributed by atoms with Gasteiger partial charge in [0.1, 0.15) is 19.2 Å². The monoisotopic (exact) mass is 404 g/mol. The molecule has 2 heterocycles. The van der Waals surface area contributed by atoms with Crippen molar-refractivity contribution < 1.29 is 19.8 Å². The topological polar surface area (TPSA) is 113 Å². The number of benzene rings is 1. The van der Waals surface area contributed by atoms with Crippen molar-refractivity contribution in [3.63, 3.8) is 0 Å². The summed E-state index contributed by atoms with van der Waals surface area (Å²) in [7, 11) is 0. The lowest BCUT2D eigenvalue weighted by molar-refractivity contribution is -0.742. The van der Waals surface area contributed by atoms with Crippen LogP contribution in [0.1, 0.15) is 25.3 Å². The second kappa shape index (κ2) is 9.13. The zero-order chi connectivity index (χ0) is 19.2. The molecule has 3 rings (SSSR count). The largest absolute Gasteiger partial charge is 0.342 e. The van der Waals surface area contributed by atoms with Crippen LogP contribution in [0.2, 0.25) is 10.0 Å². The second-order valence-corrected chi connectivity index (χ2v) is 6.39. The van der Waals surface area contributed by atoms with Crippen molar-refractivity contribution in [1.82, 2.24) is 14.8 Å². The first kappa shape index (κ1) is 20.4. The van der Waals surface area contributed by atoms with Crippen LogP contribution in [0.5, 0.6) is 0 Å². The molecule has 2 aromatic rings. The van der Waals surface area contributed by atoms with E-state index in [0.717, 1.165) is 18.4 Å². The lowest BCUT2D eigenvalue weighted by Crippen LogP contribution is -2.34. The summed E-state index contributed by atoms with van der Waals surface area (Å²) in [6.07, 6.45) is 5.12. The fourth-order valence-electron chi connectivity index (χ4n) is 2.66. The molecule has 0 radical (unpaired) electrons. The standard InChI is InChI=1S/C15H17Cl2N3O2.HNO3/c1-2-3-12-7-21-15(22-12,8-20-10-18-9-19-20)13-5-4-11(16)6-14(13)17;2-1(3)4/h4-6,9-10,12H,2-3,7-8H2,1H3;(H,2,3,4). The maximum atomic E-state index is 8.36. The SMILES string of the molecule is CCCC1COC(Cn2cncn2)(c2ccc(Cl)cc2Cl)O1.O=[N+]([O-])O. The second-order valence-electron chi connectivity index (χ2n) is 5.55. The van der Waals surface area contributed by atoms with Crippen molar-refractivity contribution in [2.45, 2.75) is 38.2 Å². The Morgan fingerprint density at radius 3 is 2.81 bits per heavy atom. The summed E-state index contributed by atoms with van der Waals surface area (Å²) in [5.41, 5.74) is 0.757. The first-order chi connectivity index (χ1) is 12.4. The molecule has 26 heavy (non-hydrogen) atoms. The average molecular weight is 405 g/mol. The molecule has 0 spiro atoms. The molecule has 11 heteroatoms. The fraction of sp³-hybridized carbons (Fsp3) is 0.467. The van der Waals surface area contributed by atoms with E-state index in [1.54, 1.807) is 23.1 Å². The first-order valence-corrected chi connectivity index (χ1v) is 8.55. The zero-order valence-corrected chi connectivity index (χ0v) is 15.4. The van der Waals surface area contributed by atoms with E-state index in [2.05, 4.69) is 17.0 Å². The number of nitrogens with zero attached hydrogens (tertiary/aromatic N) is 4. The predicted octanol–water partition coefficient (Wildman–Crippen LogP) is 3.31. The molecular formula is C15H18Cl2N4O5. The number of aromatic nitrogens is 3. The van der Waals surface area contributed by atoms with Crippen LogP contribution in [-0.4, -0.2) is 37.8 Å². The maximum absolute atomic E-state index is 8.36. The highest BCUT2D eigenvalue weighted by molar-refractivity contribution is 6.35. The molecule has 2 unspecified atom stereocenters. The Morgan fingerprint density at radius 2 is 2.23 bits per heavy atom. The van der Waals surface area contributed by atoms with Crippen LogP contribution in [0.3, 0.4) is 0 Å². The average Bonchev–Trinajstić information content (AvgIpc) is 3.18. The minimum absolute atomic E-state index is 0.0419. The van der Waals surface area contributed by atoms with E-state index in [1.165, 1.54) is 6.33 Å². The Kier molecular flexibility index (Phi) is 7.15. The minimum Gasteiger partial charge on any atom is -0.342 e. The number of hydrogen-bond acceptors (Lipinski definition) is 6. The van der Waals surface area contributed by atoms with Gasteiger partial charge in [-0.2, -0.15) is 5.10 Å². The number of hydrogen-bond donors (Lipinski definition) is 1. The van der Waals surface area contributed by atoms with Crippen molar-refractivity contribution in [2.75, 3.05) is 6.61 Å². The summed E-state index contributed by atoms with van der Waals surface area (Å²) < 4.78 is 14.0. The fourth-order valence-corrected chi connectivity index (χ4v) is 3.22. The molecule has 0 saturated carbocycles. The van der Waals surface area contributed by atoms with Crippen LogP contribution in [0, 0.1) is 10.1 Å². The molecule has 9 nitrogen and oxygen atoms in total. The summed E-state index contributed by atoms with van der Waals surface area (Å²) >= 11 is 12.4. The van der Waals surface area contributed by atoms with E-state index < -0.39 is 10.9 Å². The molecule has 1 fully saturated rings. The zero-order valence-electron chi connectivity index (χ0n) is 13.9. The summed E-state index contributed by atoms with van der Waals surface area (Å²) in [4.78, 5) is 12.3. The van der Waals surface area contributed by atoms with Gasteiger partial charge in [-0.1, -0.05) is 42.6 Å². The summed E-state index contributed by atoms with van der Waals surface area (Å²) in [6, 6.07) is 5.32. The van der Waals surface area contributed by atoms with Gasteiger partial charge < -0.3 is 14.7 Å². The molecule has 1 N–H and O–H groups in total. The van der Waals surface area contributed by atoms with Crippen molar-refractivity contribution >= 4 is 23.2 Å². The molecule has 0 amide bonds. The summed E-state index contributed by atoms with van der Waals surface area (Å²) in [5.74, 6) is -0.963. The van der Waals surface area contributed by atoms with E-state index in [1.807, 2.05) is 6.07 Å². The van der Waals surface area contributed by atoms with Gasteiger partial charge in [-0.05, 0) is 18.6 Å². The van der Waals surface area contributed by atoms with Gasteiger partial charge >= 0.3 is 0 Å². The summed E-state index contributed by atoms with van der Waals surface area (Å²) in [5, 5.41) is 18.9. The molecule has 1 aliphatic rings. The Labute approximate surface area is 159 Å². The van der Waals surface area contributed by atoms with Gasteiger partial charge in [0.2, 0.25) is 5.79 Å². The van der Waals surface area contributed by atoms with Gasteiger partial charge in [-0.15, -0.1) is 10.1 Å². The van der Waals surface area contributed by atoms with Crippen molar-refractivity contribution in [3.8, 4) is 0 Å². The van der Waals surface area contributed by atoms with Gasteiger partial charge in [0, 0.05) is 10.6 Å². The van der Waals surface area contributed by atoms with Crippen LogP contribution >= 0.6 is 23.2 Å². The highest BCUT2D eigenvalue weighted by Crippen LogP contribution is 2.41. The van der Waals surface area contributed by atoms with Gasteiger partial charge in [0.05, 0.1) is 17.7 Å². The lowest BCUT2D eigenvalue weighted by atomic mass is 10.1. The highest BCUT2D eigenvalue weighted by Gasteiger charge is 2.45. The van der Waals surface area contributed by atoms with Crippen LogP contribution in [-0.2, 0) is 21.8 Å². The van der Waals surface area contributed by atoms with Crippen molar-refractivity contribution in [3.05, 3.63) is 56.6 Å². The Hall–Kier alpha value is -1.94. The smallest absolute Gasteiger partial charge is 0.291 e. The van der Waals surface area contributed by atoms with E-state index >= 15 is 0 Å². The van der Waals surface area contributed by atoms with Gasteiger partial charge in [-0.25, -0.2) is 9.67 Å². The Morgan fingerprint density at radius 1 is 1.50 bits per heavy atom. The van der Waals surface area contributed by atoms with Crippen LogP contribution in [0.15, 0.2) is 30.9 Å². The van der Waals surface area contributed by atoms with E-state index in [-0.39, 0.29) is 6.10 Å². The molecular weight excluding hydrogens is 387 g/mol. The van der Waals surface area contributed by atoms with Gasteiger partial charge in [-0.3, -0.25) is 0 Å². The number of ether oxygens (including phenoxy) is 2. The molecule has 1 aromatic carbocycles. The van der Waals surface area contributed by atoms with Crippen LogP contribution < -0.4 is 0 Å². The lowest BCUT2D eigenvalue weighted by Gasteiger charge is -2.29. The molecule has 0 bridgehead atoms. The normalized spacial score (nSPS) is 21.9.